The molecule has 146 valence electrons. The second-order valence-corrected chi connectivity index (χ2v) is 8.15. The second kappa shape index (κ2) is 8.71. The number of nitrogens with zero attached hydrogens (tertiary/aromatic N) is 2. The molecule has 1 fully saturated rings. The number of hydrogen-bond donors (Lipinski definition) is 1. The minimum absolute atomic E-state index is 0.0149. The summed E-state index contributed by atoms with van der Waals surface area (Å²) < 4.78 is 10.7. The van der Waals surface area contributed by atoms with Gasteiger partial charge in [-0.05, 0) is 30.4 Å². The van der Waals surface area contributed by atoms with Crippen molar-refractivity contribution in [2.75, 3.05) is 39.2 Å². The zero-order chi connectivity index (χ0) is 19.4. The minimum Gasteiger partial charge on any atom is -0.497 e. The van der Waals surface area contributed by atoms with Crippen LogP contribution in [0, 0.1) is 11.8 Å². The van der Waals surface area contributed by atoms with Crippen LogP contribution in [0.3, 0.4) is 0 Å². The highest BCUT2D eigenvalue weighted by atomic mass is 32.1. The first kappa shape index (κ1) is 19.6. The second-order valence-electron chi connectivity index (χ2n) is 7.29. The molecule has 2 unspecified atom stereocenters. The lowest BCUT2D eigenvalue weighted by Gasteiger charge is -2.34. The van der Waals surface area contributed by atoms with Crippen LogP contribution in [0.1, 0.15) is 20.3 Å². The van der Waals surface area contributed by atoms with Gasteiger partial charge < -0.3 is 14.8 Å². The van der Waals surface area contributed by atoms with Crippen LogP contribution in [0.2, 0.25) is 0 Å². The SMILES string of the molecule is COc1ccc(-c2csc(NC(=O)CN3CC(C)CC(C)C3)n2)c(OC)c1. The average molecular weight is 390 g/mol. The van der Waals surface area contributed by atoms with Gasteiger partial charge in [0.15, 0.2) is 5.13 Å². The first-order chi connectivity index (χ1) is 13.0. The first-order valence-electron chi connectivity index (χ1n) is 9.18. The van der Waals surface area contributed by atoms with Crippen molar-refractivity contribution in [2.24, 2.45) is 11.8 Å². The molecule has 1 N–H and O–H groups in total. The number of hydrogen-bond acceptors (Lipinski definition) is 6. The standard InChI is InChI=1S/C20H27N3O3S/c1-13-7-14(2)10-23(9-13)11-19(24)22-20-21-17(12-27-20)16-6-5-15(25-3)8-18(16)26-4/h5-6,8,12-14H,7,9-11H2,1-4H3,(H,21,22,24). The van der Waals surface area contributed by atoms with Crippen LogP contribution in [0.4, 0.5) is 5.13 Å². The van der Waals surface area contributed by atoms with Gasteiger partial charge in [0.25, 0.3) is 0 Å². The van der Waals surface area contributed by atoms with E-state index in [1.54, 1.807) is 14.2 Å². The monoisotopic (exact) mass is 389 g/mol. The molecular weight excluding hydrogens is 362 g/mol. The third-order valence-electron chi connectivity index (χ3n) is 4.75. The Labute approximate surface area is 164 Å². The van der Waals surface area contributed by atoms with Crippen LogP contribution >= 0.6 is 11.3 Å². The molecule has 2 heterocycles. The van der Waals surface area contributed by atoms with Gasteiger partial charge in [0.05, 0.1) is 26.5 Å². The summed E-state index contributed by atoms with van der Waals surface area (Å²) in [5.74, 6) is 2.67. The molecule has 1 aromatic heterocycles. The van der Waals surface area contributed by atoms with Gasteiger partial charge >= 0.3 is 0 Å². The maximum absolute atomic E-state index is 12.4. The molecule has 7 heteroatoms. The fourth-order valence-electron chi connectivity index (χ4n) is 3.75. The van der Waals surface area contributed by atoms with E-state index < -0.39 is 0 Å². The Morgan fingerprint density at radius 1 is 1.26 bits per heavy atom. The van der Waals surface area contributed by atoms with Crippen molar-refractivity contribution in [2.45, 2.75) is 20.3 Å². The number of carbonyl (C=O) groups is 1. The van der Waals surface area contributed by atoms with Gasteiger partial charge in [-0.2, -0.15) is 0 Å². The van der Waals surface area contributed by atoms with Crippen molar-refractivity contribution >= 4 is 22.4 Å². The van der Waals surface area contributed by atoms with E-state index in [4.69, 9.17) is 9.47 Å². The largest absolute Gasteiger partial charge is 0.497 e. The van der Waals surface area contributed by atoms with Crippen molar-refractivity contribution in [1.82, 2.24) is 9.88 Å². The number of nitrogens with one attached hydrogen (secondary N) is 1. The molecule has 1 aliphatic heterocycles. The van der Waals surface area contributed by atoms with Gasteiger partial charge in [0.2, 0.25) is 5.91 Å². The molecule has 0 radical (unpaired) electrons. The molecular formula is C20H27N3O3S. The summed E-state index contributed by atoms with van der Waals surface area (Å²) in [6, 6.07) is 5.61. The molecule has 0 bridgehead atoms. The van der Waals surface area contributed by atoms with E-state index in [9.17, 15) is 4.79 Å². The highest BCUT2D eigenvalue weighted by Gasteiger charge is 2.23. The van der Waals surface area contributed by atoms with Gasteiger partial charge in [-0.1, -0.05) is 13.8 Å². The van der Waals surface area contributed by atoms with Crippen molar-refractivity contribution in [1.29, 1.82) is 0 Å². The maximum Gasteiger partial charge on any atom is 0.240 e. The number of benzene rings is 1. The zero-order valence-electron chi connectivity index (χ0n) is 16.3. The van der Waals surface area contributed by atoms with Crippen molar-refractivity contribution in [3.8, 4) is 22.8 Å². The molecule has 1 saturated heterocycles. The Hall–Kier alpha value is -2.12. The summed E-state index contributed by atoms with van der Waals surface area (Å²) >= 11 is 1.42. The molecule has 0 aliphatic carbocycles. The Kier molecular flexibility index (Phi) is 6.34. The predicted octanol–water partition coefficient (Wildman–Crippen LogP) is 3.74. The van der Waals surface area contributed by atoms with Gasteiger partial charge in [-0.25, -0.2) is 4.98 Å². The molecule has 2 atom stereocenters. The zero-order valence-corrected chi connectivity index (χ0v) is 17.1. The number of anilines is 1. The molecule has 1 amide bonds. The van der Waals surface area contributed by atoms with Crippen LogP contribution in [-0.2, 0) is 4.79 Å². The number of likely N-dealkylation sites (tertiary alicyclic amines) is 1. The fraction of sp³-hybridized carbons (Fsp3) is 0.500. The van der Waals surface area contributed by atoms with Crippen LogP contribution in [0.15, 0.2) is 23.6 Å². The van der Waals surface area contributed by atoms with E-state index in [-0.39, 0.29) is 5.91 Å². The number of carbonyl (C=O) groups excluding carboxylic acids is 1. The topological polar surface area (TPSA) is 63.7 Å². The summed E-state index contributed by atoms with van der Waals surface area (Å²) in [6.45, 7) is 6.86. The van der Waals surface area contributed by atoms with Crippen LogP contribution in [0.5, 0.6) is 11.5 Å². The van der Waals surface area contributed by atoms with E-state index in [0.717, 1.165) is 30.1 Å². The van der Waals surface area contributed by atoms with Crippen LogP contribution in [-0.4, -0.2) is 49.6 Å². The summed E-state index contributed by atoms with van der Waals surface area (Å²) in [6.07, 6.45) is 1.23. The highest BCUT2D eigenvalue weighted by molar-refractivity contribution is 7.14. The number of amides is 1. The van der Waals surface area contributed by atoms with Crippen LogP contribution in [0.25, 0.3) is 11.3 Å². The molecule has 3 rings (SSSR count). The normalized spacial score (nSPS) is 20.3. The average Bonchev–Trinajstić information content (AvgIpc) is 3.08. The smallest absolute Gasteiger partial charge is 0.240 e. The summed E-state index contributed by atoms with van der Waals surface area (Å²) in [5, 5.41) is 5.45. The number of methoxy groups -OCH3 is 2. The third kappa shape index (κ3) is 4.99. The quantitative estimate of drug-likeness (QED) is 0.815. The Bertz CT molecular complexity index is 783. The summed E-state index contributed by atoms with van der Waals surface area (Å²) in [7, 11) is 3.24. The number of aromatic nitrogens is 1. The van der Waals surface area contributed by atoms with Crippen molar-refractivity contribution in [3.05, 3.63) is 23.6 Å². The summed E-state index contributed by atoms with van der Waals surface area (Å²) in [4.78, 5) is 19.2. The highest BCUT2D eigenvalue weighted by Crippen LogP contribution is 2.34. The van der Waals surface area contributed by atoms with Gasteiger partial charge in [0.1, 0.15) is 11.5 Å². The Morgan fingerprint density at radius 3 is 2.67 bits per heavy atom. The third-order valence-corrected chi connectivity index (χ3v) is 5.50. The van der Waals surface area contributed by atoms with E-state index in [2.05, 4.69) is 29.0 Å². The Balaban J connectivity index is 1.65. The lowest BCUT2D eigenvalue weighted by atomic mass is 9.92. The number of ether oxygens (including phenoxy) is 2. The number of thiazole rings is 1. The van der Waals surface area contributed by atoms with Crippen molar-refractivity contribution in [3.63, 3.8) is 0 Å². The molecule has 27 heavy (non-hydrogen) atoms. The number of rotatable bonds is 6. The van der Waals surface area contributed by atoms with E-state index >= 15 is 0 Å². The molecule has 0 saturated carbocycles. The lowest BCUT2D eigenvalue weighted by Crippen LogP contribution is -2.42. The molecule has 6 nitrogen and oxygen atoms in total. The first-order valence-corrected chi connectivity index (χ1v) is 10.1. The number of piperidine rings is 1. The predicted molar refractivity (Wildman–Crippen MR) is 109 cm³/mol. The van der Waals surface area contributed by atoms with Gasteiger partial charge in [-0.15, -0.1) is 11.3 Å². The van der Waals surface area contributed by atoms with E-state index in [0.29, 0.717) is 29.3 Å². The van der Waals surface area contributed by atoms with E-state index in [1.165, 1.54) is 17.8 Å². The molecule has 0 spiro atoms. The lowest BCUT2D eigenvalue weighted by molar-refractivity contribution is -0.117. The molecule has 1 aromatic carbocycles. The van der Waals surface area contributed by atoms with E-state index in [1.807, 2.05) is 23.6 Å². The van der Waals surface area contributed by atoms with Gasteiger partial charge in [-0.3, -0.25) is 9.69 Å². The summed E-state index contributed by atoms with van der Waals surface area (Å²) in [5.41, 5.74) is 1.64. The molecule has 1 aliphatic rings. The minimum atomic E-state index is -0.0149. The fourth-order valence-corrected chi connectivity index (χ4v) is 4.47. The molecule has 2 aromatic rings. The van der Waals surface area contributed by atoms with Crippen LogP contribution < -0.4 is 14.8 Å². The van der Waals surface area contributed by atoms with Crippen molar-refractivity contribution < 1.29 is 14.3 Å². The van der Waals surface area contributed by atoms with Gasteiger partial charge in [0, 0.05) is 30.1 Å². The maximum atomic E-state index is 12.4. The Morgan fingerprint density at radius 2 is 2.00 bits per heavy atom.